The normalized spacial score (nSPS) is 25.5. The van der Waals surface area contributed by atoms with E-state index in [0.717, 1.165) is 6.42 Å². The molecule has 1 atom stereocenters. The van der Waals surface area contributed by atoms with Gasteiger partial charge in [0.1, 0.15) is 5.41 Å². The topological polar surface area (TPSA) is 77.8 Å². The van der Waals surface area contributed by atoms with Crippen LogP contribution in [0.25, 0.3) is 0 Å². The fraction of sp³-hybridized carbons (Fsp3) is 0.583. The van der Waals surface area contributed by atoms with Crippen LogP contribution in [0.15, 0.2) is 23.2 Å². The quantitative estimate of drug-likeness (QED) is 0.688. The molecule has 3 N–H and O–H groups in total. The second-order valence-electron chi connectivity index (χ2n) is 4.12. The molecule has 1 rings (SSSR count). The van der Waals surface area contributed by atoms with E-state index in [9.17, 15) is 15.0 Å². The molecule has 0 radical (unpaired) electrons. The van der Waals surface area contributed by atoms with Crippen LogP contribution in [0.2, 0.25) is 0 Å². The van der Waals surface area contributed by atoms with Crippen LogP contribution in [0.4, 0.5) is 0 Å². The molecule has 0 saturated carbocycles. The lowest BCUT2D eigenvalue weighted by Gasteiger charge is -2.30. The second kappa shape index (κ2) is 4.60. The van der Waals surface area contributed by atoms with E-state index in [1.165, 1.54) is 0 Å². The van der Waals surface area contributed by atoms with Gasteiger partial charge < -0.3 is 15.3 Å². The number of carbonyl (C=O) groups is 1. The molecule has 0 aromatic heterocycles. The van der Waals surface area contributed by atoms with Crippen LogP contribution in [0, 0.1) is 5.41 Å². The fourth-order valence-electron chi connectivity index (χ4n) is 2.01. The first-order valence-corrected chi connectivity index (χ1v) is 5.55. The predicted molar refractivity (Wildman–Crippen MR) is 60.3 cm³/mol. The minimum atomic E-state index is -1.35. The second-order valence-corrected chi connectivity index (χ2v) is 4.12. The third-order valence-corrected chi connectivity index (χ3v) is 3.21. The van der Waals surface area contributed by atoms with Gasteiger partial charge in [-0.05, 0) is 24.8 Å². The number of rotatable bonds is 4. The van der Waals surface area contributed by atoms with Crippen molar-refractivity contribution in [3.63, 3.8) is 0 Å². The van der Waals surface area contributed by atoms with Gasteiger partial charge in [-0.25, -0.2) is 0 Å². The molecule has 1 aliphatic rings. The van der Waals surface area contributed by atoms with Crippen molar-refractivity contribution in [3.05, 3.63) is 23.2 Å². The summed E-state index contributed by atoms with van der Waals surface area (Å²) in [4.78, 5) is 11.2. The Morgan fingerprint density at radius 1 is 1.44 bits per heavy atom. The molecule has 0 bridgehead atoms. The summed E-state index contributed by atoms with van der Waals surface area (Å²) >= 11 is 0. The Bertz CT molecular complexity index is 354. The van der Waals surface area contributed by atoms with Crippen molar-refractivity contribution in [1.29, 1.82) is 0 Å². The largest absolute Gasteiger partial charge is 0.507 e. The monoisotopic (exact) mass is 226 g/mol. The zero-order valence-electron chi connectivity index (χ0n) is 9.66. The lowest BCUT2D eigenvalue weighted by atomic mass is 9.75. The first-order valence-electron chi connectivity index (χ1n) is 5.55. The van der Waals surface area contributed by atoms with Gasteiger partial charge >= 0.3 is 5.97 Å². The van der Waals surface area contributed by atoms with Crippen molar-refractivity contribution in [2.75, 3.05) is 0 Å². The molecular formula is C12H18O4. The van der Waals surface area contributed by atoms with E-state index >= 15 is 0 Å². The third kappa shape index (κ3) is 1.79. The smallest absolute Gasteiger partial charge is 0.317 e. The lowest BCUT2D eigenvalue weighted by molar-refractivity contribution is -0.148. The first-order chi connectivity index (χ1) is 7.49. The minimum absolute atomic E-state index is 0.240. The molecule has 1 unspecified atom stereocenters. The van der Waals surface area contributed by atoms with Crippen molar-refractivity contribution in [3.8, 4) is 0 Å². The van der Waals surface area contributed by atoms with Gasteiger partial charge in [0.15, 0.2) is 11.5 Å². The van der Waals surface area contributed by atoms with Crippen molar-refractivity contribution in [2.24, 2.45) is 5.41 Å². The van der Waals surface area contributed by atoms with E-state index in [2.05, 4.69) is 0 Å². The number of aliphatic carboxylic acids is 1. The van der Waals surface area contributed by atoms with Crippen LogP contribution in [-0.2, 0) is 4.79 Å². The van der Waals surface area contributed by atoms with Gasteiger partial charge in [0.05, 0.1) is 0 Å². The number of carboxylic acid groups (broad SMARTS) is 1. The molecule has 0 saturated heterocycles. The van der Waals surface area contributed by atoms with E-state index in [0.29, 0.717) is 12.0 Å². The molecule has 0 aromatic rings. The summed E-state index contributed by atoms with van der Waals surface area (Å²) in [6.07, 6.45) is 3.71. The molecule has 0 aliphatic heterocycles. The molecule has 0 fully saturated rings. The predicted octanol–water partition coefficient (Wildman–Crippen LogP) is 2.93. The van der Waals surface area contributed by atoms with Crippen LogP contribution >= 0.6 is 0 Å². The molecule has 1 aliphatic carbocycles. The summed E-state index contributed by atoms with van der Waals surface area (Å²) in [5, 5.41) is 28.8. The van der Waals surface area contributed by atoms with Crippen LogP contribution < -0.4 is 0 Å². The van der Waals surface area contributed by atoms with E-state index in [1.54, 1.807) is 13.0 Å². The first kappa shape index (κ1) is 12.6. The van der Waals surface area contributed by atoms with Gasteiger partial charge in [0.25, 0.3) is 0 Å². The van der Waals surface area contributed by atoms with E-state index in [1.807, 2.05) is 6.92 Å². The maximum atomic E-state index is 11.2. The fourth-order valence-corrected chi connectivity index (χ4v) is 2.01. The van der Waals surface area contributed by atoms with Gasteiger partial charge in [-0.2, -0.15) is 0 Å². The molecule has 4 nitrogen and oxygen atoms in total. The summed E-state index contributed by atoms with van der Waals surface area (Å²) in [5.41, 5.74) is -0.702. The number of hydrogen-bond acceptors (Lipinski definition) is 3. The summed E-state index contributed by atoms with van der Waals surface area (Å²) < 4.78 is 0. The number of hydrogen-bond donors (Lipinski definition) is 3. The van der Waals surface area contributed by atoms with Crippen LogP contribution in [0.5, 0.6) is 0 Å². The highest BCUT2D eigenvalue weighted by Gasteiger charge is 2.44. The summed E-state index contributed by atoms with van der Waals surface area (Å²) in [7, 11) is 0. The minimum Gasteiger partial charge on any atom is -0.507 e. The molecule has 16 heavy (non-hydrogen) atoms. The number of aliphatic hydroxyl groups is 2. The average Bonchev–Trinajstić information content (AvgIpc) is 2.25. The van der Waals surface area contributed by atoms with Gasteiger partial charge in [-0.15, -0.1) is 0 Å². The van der Waals surface area contributed by atoms with Crippen molar-refractivity contribution >= 4 is 5.97 Å². The summed E-state index contributed by atoms with van der Waals surface area (Å²) in [5.74, 6) is -1.74. The highest BCUT2D eigenvalue weighted by molar-refractivity contribution is 5.79. The SMILES string of the molecule is CCCC1=CCC(CC)(C(=O)O)C(O)=C1O. The highest BCUT2D eigenvalue weighted by Crippen LogP contribution is 2.41. The zero-order chi connectivity index (χ0) is 12.3. The van der Waals surface area contributed by atoms with Crippen molar-refractivity contribution < 1.29 is 20.1 Å². The molecule has 0 spiro atoms. The number of allylic oxidation sites excluding steroid dienone is 2. The number of aliphatic hydroxyl groups excluding tert-OH is 2. The van der Waals surface area contributed by atoms with Crippen LogP contribution in [0.3, 0.4) is 0 Å². The molecule has 4 heteroatoms. The Morgan fingerprint density at radius 2 is 2.06 bits per heavy atom. The maximum Gasteiger partial charge on any atom is 0.317 e. The zero-order valence-corrected chi connectivity index (χ0v) is 9.66. The lowest BCUT2D eigenvalue weighted by Crippen LogP contribution is -2.35. The van der Waals surface area contributed by atoms with Gasteiger partial charge in [0.2, 0.25) is 0 Å². The van der Waals surface area contributed by atoms with Crippen molar-refractivity contribution in [2.45, 2.75) is 39.5 Å². The van der Waals surface area contributed by atoms with Crippen LogP contribution in [0.1, 0.15) is 39.5 Å². The van der Waals surface area contributed by atoms with E-state index in [-0.39, 0.29) is 18.6 Å². The van der Waals surface area contributed by atoms with E-state index < -0.39 is 17.1 Å². The number of carboxylic acids is 1. The van der Waals surface area contributed by atoms with E-state index in [4.69, 9.17) is 5.11 Å². The molecule has 0 amide bonds. The molecular weight excluding hydrogens is 208 g/mol. The summed E-state index contributed by atoms with van der Waals surface area (Å²) in [6.45, 7) is 3.65. The Labute approximate surface area is 94.9 Å². The van der Waals surface area contributed by atoms with Crippen LogP contribution in [-0.4, -0.2) is 21.3 Å². The van der Waals surface area contributed by atoms with Gasteiger partial charge in [0, 0.05) is 0 Å². The Morgan fingerprint density at radius 3 is 2.50 bits per heavy atom. The maximum absolute atomic E-state index is 11.2. The van der Waals surface area contributed by atoms with Gasteiger partial charge in [-0.3, -0.25) is 4.79 Å². The molecule has 0 heterocycles. The Balaban J connectivity index is 3.13. The average molecular weight is 226 g/mol. The molecule has 90 valence electrons. The highest BCUT2D eigenvalue weighted by atomic mass is 16.4. The third-order valence-electron chi connectivity index (χ3n) is 3.21. The Hall–Kier alpha value is -1.45. The Kier molecular flexibility index (Phi) is 3.62. The molecule has 0 aromatic carbocycles. The standard InChI is InChI=1S/C12H18O4/c1-3-5-8-6-7-12(4-2,11(15)16)10(14)9(8)13/h6,13-14H,3-5,7H2,1-2H3,(H,15,16). The van der Waals surface area contributed by atoms with Crippen molar-refractivity contribution in [1.82, 2.24) is 0 Å². The summed E-state index contributed by atoms with van der Waals surface area (Å²) in [6, 6.07) is 0. The van der Waals surface area contributed by atoms with Gasteiger partial charge in [-0.1, -0.05) is 26.3 Å².